The first-order chi connectivity index (χ1) is 11.3. The smallest absolute Gasteiger partial charge is 0.326 e. The molecule has 0 heterocycles. The van der Waals surface area contributed by atoms with Crippen LogP contribution in [0.25, 0.3) is 0 Å². The number of halogens is 1. The van der Waals surface area contributed by atoms with Crippen LogP contribution in [0.4, 0.5) is 5.69 Å². The number of carbonyl (C=O) groups is 1. The topological polar surface area (TPSA) is 63.7 Å². The van der Waals surface area contributed by atoms with E-state index in [1.54, 1.807) is 31.2 Å². The van der Waals surface area contributed by atoms with Gasteiger partial charge in [-0.25, -0.2) is 8.42 Å². The first kappa shape index (κ1) is 18.3. The second kappa shape index (κ2) is 7.68. The van der Waals surface area contributed by atoms with Gasteiger partial charge in [-0.05, 0) is 50.2 Å². The van der Waals surface area contributed by atoms with Gasteiger partial charge in [-0.1, -0.05) is 29.3 Å². The molecule has 0 aliphatic heterocycles. The Morgan fingerprint density at radius 2 is 1.67 bits per heavy atom. The number of esters is 1. The molecule has 0 unspecified atom stereocenters. The van der Waals surface area contributed by atoms with E-state index in [0.29, 0.717) is 10.7 Å². The quantitative estimate of drug-likeness (QED) is 0.734. The highest BCUT2D eigenvalue weighted by molar-refractivity contribution is 7.92. The highest BCUT2D eigenvalue weighted by Crippen LogP contribution is 2.25. The van der Waals surface area contributed by atoms with Crippen LogP contribution in [-0.4, -0.2) is 27.5 Å². The summed E-state index contributed by atoms with van der Waals surface area (Å²) in [7, 11) is -3.92. The van der Waals surface area contributed by atoms with Crippen LogP contribution in [0, 0.1) is 6.92 Å². The standard InChI is InChI=1S/C17H18ClNO4S/c1-3-23-17(20)12-19(15-8-4-13(2)5-9-15)24(21,22)16-10-6-14(18)7-11-16/h4-11H,3,12H2,1-2H3. The summed E-state index contributed by atoms with van der Waals surface area (Å²) in [4.78, 5) is 11.9. The molecule has 2 aromatic rings. The van der Waals surface area contributed by atoms with Crippen LogP contribution >= 0.6 is 11.6 Å². The van der Waals surface area contributed by atoms with Crippen molar-refractivity contribution in [2.45, 2.75) is 18.7 Å². The summed E-state index contributed by atoms with van der Waals surface area (Å²) in [5.74, 6) is -0.615. The molecule has 0 aromatic heterocycles. The Labute approximate surface area is 146 Å². The van der Waals surface area contributed by atoms with Crippen LogP contribution < -0.4 is 4.31 Å². The Morgan fingerprint density at radius 3 is 2.21 bits per heavy atom. The molecule has 2 aromatic carbocycles. The van der Waals surface area contributed by atoms with Crippen LogP contribution in [0.15, 0.2) is 53.4 Å². The van der Waals surface area contributed by atoms with Gasteiger partial charge in [-0.3, -0.25) is 9.10 Å². The van der Waals surface area contributed by atoms with E-state index in [-0.39, 0.29) is 11.5 Å². The molecule has 0 saturated carbocycles. The minimum absolute atomic E-state index is 0.0526. The molecule has 7 heteroatoms. The molecule has 0 bridgehead atoms. The van der Waals surface area contributed by atoms with Crippen molar-refractivity contribution in [3.8, 4) is 0 Å². The van der Waals surface area contributed by atoms with E-state index in [1.807, 2.05) is 6.92 Å². The van der Waals surface area contributed by atoms with Gasteiger partial charge in [0, 0.05) is 5.02 Å². The number of benzene rings is 2. The largest absolute Gasteiger partial charge is 0.465 e. The van der Waals surface area contributed by atoms with Gasteiger partial charge in [-0.15, -0.1) is 0 Å². The molecule has 0 radical (unpaired) electrons. The molecule has 0 amide bonds. The Balaban J connectivity index is 2.45. The maximum absolute atomic E-state index is 12.9. The van der Waals surface area contributed by atoms with Gasteiger partial charge in [0.15, 0.2) is 0 Å². The summed E-state index contributed by atoms with van der Waals surface area (Å²) < 4.78 is 31.8. The molecule has 2 rings (SSSR count). The summed E-state index contributed by atoms with van der Waals surface area (Å²) in [5, 5.41) is 0.432. The molecule has 0 fully saturated rings. The number of hydrogen-bond donors (Lipinski definition) is 0. The van der Waals surface area contributed by atoms with Crippen LogP contribution in [0.3, 0.4) is 0 Å². The van der Waals surface area contributed by atoms with Crippen molar-refractivity contribution in [2.24, 2.45) is 0 Å². The van der Waals surface area contributed by atoms with E-state index in [2.05, 4.69) is 0 Å². The number of aryl methyl sites for hydroxylation is 1. The lowest BCUT2D eigenvalue weighted by Crippen LogP contribution is -2.36. The second-order valence-electron chi connectivity index (χ2n) is 5.11. The maximum Gasteiger partial charge on any atom is 0.326 e. The third-order valence-corrected chi connectivity index (χ3v) is 5.34. The highest BCUT2D eigenvalue weighted by atomic mass is 35.5. The van der Waals surface area contributed by atoms with Gasteiger partial charge < -0.3 is 4.74 Å². The fourth-order valence-electron chi connectivity index (χ4n) is 2.08. The number of carbonyl (C=O) groups excluding carboxylic acids is 1. The molecular weight excluding hydrogens is 350 g/mol. The zero-order valence-corrected chi connectivity index (χ0v) is 15.0. The number of anilines is 1. The monoisotopic (exact) mass is 367 g/mol. The molecular formula is C17H18ClNO4S. The van der Waals surface area contributed by atoms with Gasteiger partial charge in [0.05, 0.1) is 17.2 Å². The highest BCUT2D eigenvalue weighted by Gasteiger charge is 2.27. The Hall–Kier alpha value is -2.05. The lowest BCUT2D eigenvalue weighted by molar-refractivity contribution is -0.141. The number of nitrogens with zero attached hydrogens (tertiary/aromatic N) is 1. The van der Waals surface area contributed by atoms with Gasteiger partial charge in [0.1, 0.15) is 6.54 Å². The molecule has 0 N–H and O–H groups in total. The van der Waals surface area contributed by atoms with Crippen molar-refractivity contribution in [1.29, 1.82) is 0 Å². The fourth-order valence-corrected chi connectivity index (χ4v) is 3.62. The number of rotatable bonds is 6. The third kappa shape index (κ3) is 4.27. The van der Waals surface area contributed by atoms with Crippen molar-refractivity contribution in [1.82, 2.24) is 0 Å². The predicted octanol–water partition coefficient (Wildman–Crippen LogP) is 3.41. The zero-order valence-electron chi connectivity index (χ0n) is 13.4. The van der Waals surface area contributed by atoms with Crippen molar-refractivity contribution >= 4 is 33.3 Å². The van der Waals surface area contributed by atoms with Crippen molar-refractivity contribution < 1.29 is 17.9 Å². The van der Waals surface area contributed by atoms with Crippen LogP contribution in [0.5, 0.6) is 0 Å². The van der Waals surface area contributed by atoms with Crippen molar-refractivity contribution in [3.63, 3.8) is 0 Å². The van der Waals surface area contributed by atoms with Crippen LogP contribution in [0.1, 0.15) is 12.5 Å². The molecule has 0 saturated heterocycles. The van der Waals surface area contributed by atoms with E-state index in [9.17, 15) is 13.2 Å². The van der Waals surface area contributed by atoms with Crippen LogP contribution in [-0.2, 0) is 19.6 Å². The second-order valence-corrected chi connectivity index (χ2v) is 7.40. The third-order valence-electron chi connectivity index (χ3n) is 3.30. The van der Waals surface area contributed by atoms with E-state index >= 15 is 0 Å². The Morgan fingerprint density at radius 1 is 1.08 bits per heavy atom. The minimum atomic E-state index is -3.92. The number of hydrogen-bond acceptors (Lipinski definition) is 4. The normalized spacial score (nSPS) is 11.1. The predicted molar refractivity (Wildman–Crippen MR) is 93.8 cm³/mol. The lowest BCUT2D eigenvalue weighted by atomic mass is 10.2. The number of sulfonamides is 1. The molecule has 0 aliphatic carbocycles. The first-order valence-electron chi connectivity index (χ1n) is 7.35. The molecule has 0 spiro atoms. The van der Waals surface area contributed by atoms with E-state index in [4.69, 9.17) is 16.3 Å². The van der Waals surface area contributed by atoms with Gasteiger partial charge in [0.25, 0.3) is 10.0 Å². The summed E-state index contributed by atoms with van der Waals surface area (Å²) in [6, 6.07) is 12.7. The number of ether oxygens (including phenoxy) is 1. The molecule has 5 nitrogen and oxygen atoms in total. The summed E-state index contributed by atoms with van der Waals surface area (Å²) in [6.45, 7) is 3.35. The molecule has 0 aliphatic rings. The van der Waals surface area contributed by atoms with E-state index < -0.39 is 22.5 Å². The zero-order chi connectivity index (χ0) is 17.7. The van der Waals surface area contributed by atoms with Crippen LogP contribution in [0.2, 0.25) is 5.02 Å². The molecule has 0 atom stereocenters. The summed E-state index contributed by atoms with van der Waals surface area (Å²) >= 11 is 5.82. The van der Waals surface area contributed by atoms with Crippen molar-refractivity contribution in [2.75, 3.05) is 17.5 Å². The first-order valence-corrected chi connectivity index (χ1v) is 9.17. The average molecular weight is 368 g/mol. The van der Waals surface area contributed by atoms with Crippen molar-refractivity contribution in [3.05, 3.63) is 59.1 Å². The molecule has 24 heavy (non-hydrogen) atoms. The van der Waals surface area contributed by atoms with E-state index in [0.717, 1.165) is 9.87 Å². The Bertz CT molecular complexity index is 801. The lowest BCUT2D eigenvalue weighted by Gasteiger charge is -2.23. The minimum Gasteiger partial charge on any atom is -0.465 e. The van der Waals surface area contributed by atoms with Gasteiger partial charge >= 0.3 is 5.97 Å². The van der Waals surface area contributed by atoms with Gasteiger partial charge in [-0.2, -0.15) is 0 Å². The SMILES string of the molecule is CCOC(=O)CN(c1ccc(C)cc1)S(=O)(=O)c1ccc(Cl)cc1. The van der Waals surface area contributed by atoms with Gasteiger partial charge in [0.2, 0.25) is 0 Å². The molecule has 128 valence electrons. The fraction of sp³-hybridized carbons (Fsp3) is 0.235. The summed E-state index contributed by atoms with van der Waals surface area (Å²) in [6.07, 6.45) is 0. The summed E-state index contributed by atoms with van der Waals surface area (Å²) in [5.41, 5.74) is 1.38. The average Bonchev–Trinajstić information content (AvgIpc) is 2.54. The Kier molecular flexibility index (Phi) is 5.85. The van der Waals surface area contributed by atoms with E-state index in [1.165, 1.54) is 24.3 Å². The maximum atomic E-state index is 12.9.